The van der Waals surface area contributed by atoms with Crippen molar-refractivity contribution in [2.24, 2.45) is 0 Å². The van der Waals surface area contributed by atoms with Crippen molar-refractivity contribution in [3.05, 3.63) is 59.7 Å². The van der Waals surface area contributed by atoms with Crippen LogP contribution in [-0.4, -0.2) is 41.3 Å². The first kappa shape index (κ1) is 16.1. The van der Waals surface area contributed by atoms with Crippen LogP contribution in [-0.2, 0) is 0 Å². The molecule has 0 radical (unpaired) electrons. The Morgan fingerprint density at radius 3 is 2.71 bits per heavy atom. The van der Waals surface area contributed by atoms with E-state index in [-0.39, 0.29) is 23.3 Å². The molecule has 5 nitrogen and oxygen atoms in total. The summed E-state index contributed by atoms with van der Waals surface area (Å²) in [5.41, 5.74) is 0.837. The first-order valence-corrected chi connectivity index (χ1v) is 7.78. The van der Waals surface area contributed by atoms with Gasteiger partial charge in [0, 0.05) is 43.9 Å². The van der Waals surface area contributed by atoms with Crippen LogP contribution >= 0.6 is 0 Å². The molecule has 1 aromatic carbocycles. The fourth-order valence-corrected chi connectivity index (χ4v) is 2.71. The van der Waals surface area contributed by atoms with Crippen LogP contribution < -0.4 is 4.74 Å². The van der Waals surface area contributed by atoms with Gasteiger partial charge in [0.2, 0.25) is 0 Å². The molecule has 6 heteroatoms. The Balaban J connectivity index is 1.57. The summed E-state index contributed by atoms with van der Waals surface area (Å²) in [6, 6.07) is 7.61. The van der Waals surface area contributed by atoms with E-state index in [4.69, 9.17) is 4.74 Å². The Kier molecular flexibility index (Phi) is 4.84. The zero-order chi connectivity index (χ0) is 16.9. The second-order valence-corrected chi connectivity index (χ2v) is 5.66. The van der Waals surface area contributed by atoms with Crippen molar-refractivity contribution in [2.75, 3.05) is 13.1 Å². The summed E-state index contributed by atoms with van der Waals surface area (Å²) in [5, 5.41) is 0. The van der Waals surface area contributed by atoms with Gasteiger partial charge in [-0.05, 0) is 30.3 Å². The van der Waals surface area contributed by atoms with E-state index in [0.29, 0.717) is 37.8 Å². The normalized spacial score (nSPS) is 15.1. The third kappa shape index (κ3) is 3.59. The molecule has 1 aliphatic rings. The number of likely N-dealkylation sites (tertiary alicyclic amines) is 1. The lowest BCUT2D eigenvalue weighted by molar-refractivity contribution is 0.0588. The minimum absolute atomic E-state index is 0.0527. The number of rotatable bonds is 4. The lowest BCUT2D eigenvalue weighted by Gasteiger charge is -2.32. The zero-order valence-corrected chi connectivity index (χ0v) is 13.0. The number of halogens is 1. The summed E-state index contributed by atoms with van der Waals surface area (Å²) in [6.07, 6.45) is 4.87. The van der Waals surface area contributed by atoms with Crippen LogP contribution in [0.4, 0.5) is 4.39 Å². The highest BCUT2D eigenvalue weighted by Crippen LogP contribution is 2.23. The molecular formula is C18H17FN2O3. The van der Waals surface area contributed by atoms with Gasteiger partial charge in [-0.1, -0.05) is 0 Å². The van der Waals surface area contributed by atoms with Gasteiger partial charge >= 0.3 is 0 Å². The minimum Gasteiger partial charge on any atom is -0.487 e. The minimum atomic E-state index is -0.548. The maximum absolute atomic E-state index is 13.9. The number of hydrogen-bond donors (Lipinski definition) is 0. The van der Waals surface area contributed by atoms with Crippen molar-refractivity contribution in [1.82, 2.24) is 9.88 Å². The largest absolute Gasteiger partial charge is 0.487 e. The van der Waals surface area contributed by atoms with E-state index in [1.165, 1.54) is 12.1 Å². The molecule has 1 aromatic heterocycles. The number of carbonyl (C=O) groups is 2. The molecule has 1 saturated heterocycles. The fraction of sp³-hybridized carbons (Fsp3) is 0.278. The van der Waals surface area contributed by atoms with Crippen molar-refractivity contribution in [3.8, 4) is 5.75 Å². The van der Waals surface area contributed by atoms with E-state index in [1.807, 2.05) is 0 Å². The van der Waals surface area contributed by atoms with E-state index >= 15 is 0 Å². The lowest BCUT2D eigenvalue weighted by Crippen LogP contribution is -2.41. The second kappa shape index (κ2) is 7.21. The quantitative estimate of drug-likeness (QED) is 0.810. The van der Waals surface area contributed by atoms with Crippen molar-refractivity contribution in [3.63, 3.8) is 0 Å². The highest BCUT2D eigenvalue weighted by atomic mass is 19.1. The van der Waals surface area contributed by atoms with E-state index < -0.39 is 5.82 Å². The van der Waals surface area contributed by atoms with Gasteiger partial charge in [0.25, 0.3) is 5.91 Å². The smallest absolute Gasteiger partial charge is 0.255 e. The van der Waals surface area contributed by atoms with Crippen molar-refractivity contribution < 1.29 is 18.7 Å². The van der Waals surface area contributed by atoms with Gasteiger partial charge in [0.05, 0.1) is 5.56 Å². The number of piperidine rings is 1. The first-order valence-electron chi connectivity index (χ1n) is 7.78. The van der Waals surface area contributed by atoms with Crippen LogP contribution in [0.15, 0.2) is 42.7 Å². The molecule has 1 aliphatic heterocycles. The predicted molar refractivity (Wildman–Crippen MR) is 85.6 cm³/mol. The SMILES string of the molecule is O=Cc1ccc(OC2CCN(C(=O)c3cccnc3)CC2)c(F)c1. The fourth-order valence-electron chi connectivity index (χ4n) is 2.71. The van der Waals surface area contributed by atoms with Crippen LogP contribution in [0, 0.1) is 5.82 Å². The zero-order valence-electron chi connectivity index (χ0n) is 13.0. The molecule has 0 spiro atoms. The molecule has 2 heterocycles. The van der Waals surface area contributed by atoms with Gasteiger partial charge in [-0.15, -0.1) is 0 Å². The third-order valence-corrected chi connectivity index (χ3v) is 4.02. The standard InChI is InChI=1S/C18H17FN2O3/c19-16-10-13(12-22)3-4-17(16)24-15-5-8-21(9-6-15)18(23)14-2-1-7-20-11-14/h1-4,7,10-12,15H,5-6,8-9H2. The Morgan fingerprint density at radius 2 is 2.08 bits per heavy atom. The molecule has 3 rings (SSSR count). The Hall–Kier alpha value is -2.76. The summed E-state index contributed by atoms with van der Waals surface area (Å²) in [5.74, 6) is -0.464. The molecule has 0 unspecified atom stereocenters. The van der Waals surface area contributed by atoms with Crippen molar-refractivity contribution >= 4 is 12.2 Å². The average molecular weight is 328 g/mol. The van der Waals surface area contributed by atoms with Gasteiger partial charge < -0.3 is 9.64 Å². The topological polar surface area (TPSA) is 59.5 Å². The molecule has 1 amide bonds. The lowest BCUT2D eigenvalue weighted by atomic mass is 10.1. The van der Waals surface area contributed by atoms with Gasteiger partial charge in [0.1, 0.15) is 12.4 Å². The number of ether oxygens (including phenoxy) is 1. The maximum atomic E-state index is 13.9. The Labute approximate surface area is 139 Å². The van der Waals surface area contributed by atoms with E-state index in [9.17, 15) is 14.0 Å². The molecule has 0 saturated carbocycles. The average Bonchev–Trinajstić information content (AvgIpc) is 2.64. The van der Waals surface area contributed by atoms with E-state index in [0.717, 1.165) is 6.07 Å². The van der Waals surface area contributed by atoms with Gasteiger partial charge in [0.15, 0.2) is 11.6 Å². The van der Waals surface area contributed by atoms with Gasteiger partial charge in [-0.25, -0.2) is 4.39 Å². The number of aromatic nitrogens is 1. The summed E-state index contributed by atoms with van der Waals surface area (Å²) in [6.45, 7) is 1.10. The van der Waals surface area contributed by atoms with Crippen LogP contribution in [0.25, 0.3) is 0 Å². The van der Waals surface area contributed by atoms with Gasteiger partial charge in [-0.2, -0.15) is 0 Å². The predicted octanol–water partition coefficient (Wildman–Crippen LogP) is 2.72. The summed E-state index contributed by atoms with van der Waals surface area (Å²) in [7, 11) is 0. The third-order valence-electron chi connectivity index (χ3n) is 4.02. The van der Waals surface area contributed by atoms with Crippen LogP contribution in [0.5, 0.6) is 5.75 Å². The number of pyridine rings is 1. The van der Waals surface area contributed by atoms with E-state index in [2.05, 4.69) is 4.98 Å². The molecule has 2 aromatic rings. The maximum Gasteiger partial charge on any atom is 0.255 e. The molecule has 0 atom stereocenters. The molecule has 24 heavy (non-hydrogen) atoms. The second-order valence-electron chi connectivity index (χ2n) is 5.66. The first-order chi connectivity index (χ1) is 11.7. The number of nitrogens with zero attached hydrogens (tertiary/aromatic N) is 2. The van der Waals surface area contributed by atoms with Crippen LogP contribution in [0.2, 0.25) is 0 Å². The Morgan fingerprint density at radius 1 is 1.29 bits per heavy atom. The highest BCUT2D eigenvalue weighted by Gasteiger charge is 2.25. The number of amides is 1. The summed E-state index contributed by atoms with van der Waals surface area (Å²) in [4.78, 5) is 28.7. The molecule has 0 N–H and O–H groups in total. The number of aldehydes is 1. The monoisotopic (exact) mass is 328 g/mol. The summed E-state index contributed by atoms with van der Waals surface area (Å²) >= 11 is 0. The molecular weight excluding hydrogens is 311 g/mol. The molecule has 0 bridgehead atoms. The number of carbonyl (C=O) groups excluding carboxylic acids is 2. The van der Waals surface area contributed by atoms with E-state index in [1.54, 1.807) is 29.4 Å². The van der Waals surface area contributed by atoms with Crippen molar-refractivity contribution in [2.45, 2.75) is 18.9 Å². The molecule has 0 aliphatic carbocycles. The molecule has 124 valence electrons. The van der Waals surface area contributed by atoms with Crippen molar-refractivity contribution in [1.29, 1.82) is 0 Å². The number of benzene rings is 1. The number of hydrogen-bond acceptors (Lipinski definition) is 4. The molecule has 1 fully saturated rings. The van der Waals surface area contributed by atoms with Crippen LogP contribution in [0.1, 0.15) is 33.6 Å². The van der Waals surface area contributed by atoms with Gasteiger partial charge in [-0.3, -0.25) is 14.6 Å². The Bertz CT molecular complexity index is 728. The summed E-state index contributed by atoms with van der Waals surface area (Å²) < 4.78 is 19.5. The highest BCUT2D eigenvalue weighted by molar-refractivity contribution is 5.93. The van der Waals surface area contributed by atoms with Crippen LogP contribution in [0.3, 0.4) is 0 Å².